The Kier molecular flexibility index (Phi) is 7.08. The minimum atomic E-state index is -0.231. The molecule has 1 aromatic carbocycles. The van der Waals surface area contributed by atoms with E-state index in [-0.39, 0.29) is 30.7 Å². The number of fused-ring (bicyclic) bond motifs is 1. The number of benzene rings is 1. The molecule has 23 heavy (non-hydrogen) atoms. The molecule has 0 spiro atoms. The summed E-state index contributed by atoms with van der Waals surface area (Å²) in [6, 6.07) is 5.60. The van der Waals surface area contributed by atoms with E-state index < -0.39 is 0 Å². The van der Waals surface area contributed by atoms with Crippen LogP contribution in [0.25, 0.3) is 0 Å². The third-order valence-electron chi connectivity index (χ3n) is 3.27. The molecule has 0 bridgehead atoms. The molecule has 9 heteroatoms. The molecule has 3 rings (SSSR count). The van der Waals surface area contributed by atoms with Crippen molar-refractivity contribution in [3.05, 3.63) is 34.3 Å². The van der Waals surface area contributed by atoms with E-state index in [0.717, 1.165) is 28.7 Å². The molecule has 0 fully saturated rings. The van der Waals surface area contributed by atoms with Crippen LogP contribution in [0.4, 0.5) is 11.4 Å². The summed E-state index contributed by atoms with van der Waals surface area (Å²) in [5.74, 6) is 0.603. The second kappa shape index (κ2) is 8.35. The summed E-state index contributed by atoms with van der Waals surface area (Å²) < 4.78 is 5.58. The fraction of sp³-hybridized carbons (Fsp3) is 0.286. The highest BCUT2D eigenvalue weighted by molar-refractivity contribution is 7.09. The highest BCUT2D eigenvalue weighted by Gasteiger charge is 2.16. The van der Waals surface area contributed by atoms with Crippen LogP contribution in [0.5, 0.6) is 5.75 Å². The van der Waals surface area contributed by atoms with Gasteiger partial charge in [-0.15, -0.1) is 36.2 Å². The molecule has 126 valence electrons. The Morgan fingerprint density at radius 1 is 1.48 bits per heavy atom. The molecule has 2 aromatic rings. The van der Waals surface area contributed by atoms with Crippen LogP contribution >= 0.6 is 36.2 Å². The van der Waals surface area contributed by atoms with E-state index in [0.29, 0.717) is 18.8 Å². The molecule has 6 nitrogen and oxygen atoms in total. The Morgan fingerprint density at radius 3 is 2.96 bits per heavy atom. The first kappa shape index (κ1) is 19.5. The number of likely N-dealkylation sites (N-methyl/N-ethyl adjacent to an activating group) is 1. The summed E-state index contributed by atoms with van der Waals surface area (Å²) >= 11 is 1.39. The van der Waals surface area contributed by atoms with E-state index in [4.69, 9.17) is 10.5 Å². The number of anilines is 2. The van der Waals surface area contributed by atoms with Gasteiger partial charge in [0.05, 0.1) is 12.2 Å². The summed E-state index contributed by atoms with van der Waals surface area (Å²) in [6.07, 6.45) is 0. The first-order valence-corrected chi connectivity index (χ1v) is 7.49. The van der Waals surface area contributed by atoms with Crippen molar-refractivity contribution in [1.29, 1.82) is 0 Å². The van der Waals surface area contributed by atoms with Crippen LogP contribution in [0, 0.1) is 0 Å². The highest BCUT2D eigenvalue weighted by atomic mass is 35.5. The predicted octanol–water partition coefficient (Wildman–Crippen LogP) is 2.53. The Labute approximate surface area is 150 Å². The minimum absolute atomic E-state index is 0. The molecule has 3 N–H and O–H groups in total. The van der Waals surface area contributed by atoms with Crippen molar-refractivity contribution in [3.8, 4) is 5.75 Å². The van der Waals surface area contributed by atoms with E-state index in [1.54, 1.807) is 5.38 Å². The second-order valence-electron chi connectivity index (χ2n) is 4.74. The lowest BCUT2D eigenvalue weighted by atomic mass is 10.2. The number of nitrogens with zero attached hydrogens (tertiary/aromatic N) is 2. The van der Waals surface area contributed by atoms with Gasteiger partial charge in [-0.2, -0.15) is 0 Å². The van der Waals surface area contributed by atoms with Gasteiger partial charge in [0.15, 0.2) is 0 Å². The van der Waals surface area contributed by atoms with Crippen LogP contribution in [0.15, 0.2) is 23.6 Å². The molecule has 1 aliphatic rings. The fourth-order valence-electron chi connectivity index (χ4n) is 2.13. The normalized spacial score (nSPS) is 12.3. The topological polar surface area (TPSA) is 80.5 Å². The number of hydrogen-bond donors (Lipinski definition) is 2. The van der Waals surface area contributed by atoms with E-state index in [1.807, 2.05) is 25.2 Å². The lowest BCUT2D eigenvalue weighted by Gasteiger charge is -2.28. The van der Waals surface area contributed by atoms with Crippen molar-refractivity contribution in [3.63, 3.8) is 0 Å². The zero-order valence-electron chi connectivity index (χ0n) is 12.4. The van der Waals surface area contributed by atoms with Gasteiger partial charge < -0.3 is 20.7 Å². The molecule has 2 heterocycles. The zero-order valence-corrected chi connectivity index (χ0v) is 14.9. The molecule has 1 aromatic heterocycles. The number of ether oxygens (including phenoxy) is 1. The lowest BCUT2D eigenvalue weighted by molar-refractivity contribution is 0.102. The molecule has 0 aliphatic carbocycles. The molecule has 1 aliphatic heterocycles. The van der Waals surface area contributed by atoms with E-state index in [1.165, 1.54) is 11.3 Å². The Morgan fingerprint density at radius 2 is 2.26 bits per heavy atom. The van der Waals surface area contributed by atoms with Crippen LogP contribution in [-0.4, -0.2) is 31.1 Å². The van der Waals surface area contributed by atoms with Crippen LogP contribution in [0.3, 0.4) is 0 Å². The van der Waals surface area contributed by atoms with Crippen LogP contribution < -0.4 is 20.7 Å². The molecular weight excluding hydrogens is 359 g/mol. The van der Waals surface area contributed by atoms with Crippen molar-refractivity contribution in [2.75, 3.05) is 30.4 Å². The Bertz CT molecular complexity index is 681. The van der Waals surface area contributed by atoms with Gasteiger partial charge in [0.25, 0.3) is 5.91 Å². The monoisotopic (exact) mass is 376 g/mol. The number of carbonyl (C=O) groups excluding carboxylic acids is 1. The lowest BCUT2D eigenvalue weighted by Crippen LogP contribution is -2.28. The summed E-state index contributed by atoms with van der Waals surface area (Å²) in [4.78, 5) is 18.4. The number of thiazole rings is 1. The van der Waals surface area contributed by atoms with Crippen LogP contribution in [-0.2, 0) is 6.54 Å². The van der Waals surface area contributed by atoms with Crippen molar-refractivity contribution in [2.24, 2.45) is 5.73 Å². The second-order valence-corrected chi connectivity index (χ2v) is 5.68. The molecule has 0 atom stereocenters. The highest BCUT2D eigenvalue weighted by Crippen LogP contribution is 2.33. The number of aromatic nitrogens is 1. The zero-order chi connectivity index (χ0) is 14.8. The average molecular weight is 377 g/mol. The van der Waals surface area contributed by atoms with Gasteiger partial charge in [-0.05, 0) is 18.2 Å². The van der Waals surface area contributed by atoms with E-state index in [9.17, 15) is 4.79 Å². The third-order valence-corrected chi connectivity index (χ3v) is 4.14. The standard InChI is InChI=1S/C14H16N4O2S.2ClH/c1-18-4-5-20-12-3-2-9(6-11(12)18)16-14(19)10-8-21-13(7-15)17-10;;/h2-3,6,8H,4-5,7,15H2,1H3,(H,16,19);2*1H. The number of rotatable bonds is 3. The smallest absolute Gasteiger partial charge is 0.275 e. The quantitative estimate of drug-likeness (QED) is 0.859. The molecule has 0 saturated heterocycles. The van der Waals surface area contributed by atoms with Gasteiger partial charge in [-0.3, -0.25) is 4.79 Å². The van der Waals surface area contributed by atoms with Gasteiger partial charge in [0.2, 0.25) is 0 Å². The van der Waals surface area contributed by atoms with Crippen LogP contribution in [0.2, 0.25) is 0 Å². The fourth-order valence-corrected chi connectivity index (χ4v) is 2.79. The molecule has 0 saturated carbocycles. The molecule has 1 amide bonds. The van der Waals surface area contributed by atoms with Crippen molar-refractivity contribution < 1.29 is 9.53 Å². The number of hydrogen-bond acceptors (Lipinski definition) is 6. The van der Waals surface area contributed by atoms with Gasteiger partial charge in [-0.1, -0.05) is 0 Å². The van der Waals surface area contributed by atoms with Gasteiger partial charge in [-0.25, -0.2) is 4.98 Å². The molecule has 0 radical (unpaired) electrons. The maximum Gasteiger partial charge on any atom is 0.275 e. The van der Waals surface area contributed by atoms with Crippen LogP contribution in [0.1, 0.15) is 15.5 Å². The summed E-state index contributed by atoms with van der Waals surface area (Å²) in [5, 5.41) is 5.31. The first-order valence-electron chi connectivity index (χ1n) is 6.61. The summed E-state index contributed by atoms with van der Waals surface area (Å²) in [6.45, 7) is 1.85. The number of halogens is 2. The maximum absolute atomic E-state index is 12.1. The number of carbonyl (C=O) groups is 1. The van der Waals surface area contributed by atoms with E-state index in [2.05, 4.69) is 15.2 Å². The average Bonchev–Trinajstić information content (AvgIpc) is 2.97. The van der Waals surface area contributed by atoms with E-state index >= 15 is 0 Å². The van der Waals surface area contributed by atoms with Crippen molar-refractivity contribution in [2.45, 2.75) is 6.54 Å². The number of nitrogens with two attached hydrogens (primary N) is 1. The van der Waals surface area contributed by atoms with Gasteiger partial charge in [0, 0.05) is 24.7 Å². The molecule has 0 unspecified atom stereocenters. The predicted molar refractivity (Wildman–Crippen MR) is 97.7 cm³/mol. The largest absolute Gasteiger partial charge is 0.490 e. The molecular formula is C14H18Cl2N4O2S. The summed E-state index contributed by atoms with van der Waals surface area (Å²) in [7, 11) is 2.00. The van der Waals surface area contributed by atoms with Crippen molar-refractivity contribution in [1.82, 2.24) is 4.98 Å². The Hall–Kier alpha value is -1.54. The van der Waals surface area contributed by atoms with Gasteiger partial charge >= 0.3 is 0 Å². The Balaban J connectivity index is 0.00000132. The van der Waals surface area contributed by atoms with Gasteiger partial charge in [0.1, 0.15) is 23.1 Å². The first-order chi connectivity index (χ1) is 10.2. The summed E-state index contributed by atoms with van der Waals surface area (Å²) in [5.41, 5.74) is 7.59. The third kappa shape index (κ3) is 4.26. The SMILES string of the molecule is CN1CCOc2ccc(NC(=O)c3csc(CN)n3)cc21.Cl.Cl. The maximum atomic E-state index is 12.1. The number of amides is 1. The minimum Gasteiger partial charge on any atom is -0.490 e. The van der Waals surface area contributed by atoms with Crippen molar-refractivity contribution >= 4 is 53.4 Å². The number of nitrogens with one attached hydrogen (secondary N) is 1.